The van der Waals surface area contributed by atoms with Crippen molar-refractivity contribution >= 4 is 28.1 Å². The number of hydrogen-bond acceptors (Lipinski definition) is 4. The maximum atomic E-state index is 5.86. The highest BCUT2D eigenvalue weighted by Gasteiger charge is 2.01. The lowest BCUT2D eigenvalue weighted by Gasteiger charge is -2.12. The number of aryl methyl sites for hydroxylation is 1. The van der Waals surface area contributed by atoms with E-state index >= 15 is 0 Å². The van der Waals surface area contributed by atoms with Crippen molar-refractivity contribution in [1.82, 2.24) is 15.6 Å². The number of ether oxygens (including phenoxy) is 1. The van der Waals surface area contributed by atoms with Crippen LogP contribution in [-0.4, -0.2) is 37.7 Å². The Balaban J connectivity index is 1.33. The summed E-state index contributed by atoms with van der Waals surface area (Å²) in [6.45, 7) is 4.37. The second-order valence-electron chi connectivity index (χ2n) is 6.25. The molecular weight excluding hydrogens is 356 g/mol. The minimum absolute atomic E-state index is 0.667. The summed E-state index contributed by atoms with van der Waals surface area (Å²) in [5.74, 6) is 1.73. The van der Waals surface area contributed by atoms with Crippen LogP contribution in [0.15, 0.2) is 53.7 Å². The van der Waals surface area contributed by atoms with E-state index in [9.17, 15) is 0 Å². The SMILES string of the molecule is CN=C(NCCCOc1ccc2ccccc2c1)NCCc1ncc(C)s1. The Kier molecular flexibility index (Phi) is 7.04. The topological polar surface area (TPSA) is 58.5 Å². The molecule has 0 aliphatic carbocycles. The molecule has 2 aromatic carbocycles. The summed E-state index contributed by atoms with van der Waals surface area (Å²) in [7, 11) is 1.79. The van der Waals surface area contributed by atoms with Crippen LogP contribution in [0.5, 0.6) is 5.75 Å². The maximum absolute atomic E-state index is 5.86. The fraction of sp³-hybridized carbons (Fsp3) is 0.333. The van der Waals surface area contributed by atoms with Gasteiger partial charge < -0.3 is 15.4 Å². The largest absolute Gasteiger partial charge is 0.494 e. The molecule has 3 rings (SSSR count). The van der Waals surface area contributed by atoms with Gasteiger partial charge in [0.1, 0.15) is 5.75 Å². The average molecular weight is 383 g/mol. The number of nitrogens with one attached hydrogen (secondary N) is 2. The molecule has 0 radical (unpaired) electrons. The van der Waals surface area contributed by atoms with E-state index in [4.69, 9.17) is 4.74 Å². The van der Waals surface area contributed by atoms with Gasteiger partial charge in [0.05, 0.1) is 11.6 Å². The number of fused-ring (bicyclic) bond motifs is 1. The molecule has 1 heterocycles. The zero-order valence-electron chi connectivity index (χ0n) is 15.9. The van der Waals surface area contributed by atoms with Crippen LogP contribution in [0.1, 0.15) is 16.3 Å². The summed E-state index contributed by atoms with van der Waals surface area (Å²) in [6, 6.07) is 14.5. The Bertz CT molecular complexity index is 891. The van der Waals surface area contributed by atoms with Crippen LogP contribution in [0.4, 0.5) is 0 Å². The second kappa shape index (κ2) is 9.92. The molecule has 1 aromatic heterocycles. The van der Waals surface area contributed by atoms with Crippen molar-refractivity contribution in [3.05, 3.63) is 58.5 Å². The lowest BCUT2D eigenvalue weighted by molar-refractivity contribution is 0.311. The minimum atomic E-state index is 0.667. The third kappa shape index (κ3) is 5.96. The van der Waals surface area contributed by atoms with Crippen molar-refractivity contribution < 1.29 is 4.74 Å². The van der Waals surface area contributed by atoms with E-state index in [1.807, 2.05) is 24.4 Å². The fourth-order valence-electron chi connectivity index (χ4n) is 2.75. The lowest BCUT2D eigenvalue weighted by Crippen LogP contribution is -2.39. The van der Waals surface area contributed by atoms with E-state index in [0.29, 0.717) is 6.61 Å². The monoisotopic (exact) mass is 382 g/mol. The number of aliphatic imine (C=N–C) groups is 1. The summed E-state index contributed by atoms with van der Waals surface area (Å²) in [4.78, 5) is 9.87. The summed E-state index contributed by atoms with van der Waals surface area (Å²) < 4.78 is 5.86. The molecule has 3 aromatic rings. The molecule has 0 aliphatic rings. The fourth-order valence-corrected chi connectivity index (χ4v) is 3.54. The summed E-state index contributed by atoms with van der Waals surface area (Å²) in [6.07, 6.45) is 3.73. The number of nitrogens with zero attached hydrogens (tertiary/aromatic N) is 2. The van der Waals surface area contributed by atoms with Gasteiger partial charge in [-0.25, -0.2) is 4.98 Å². The zero-order chi connectivity index (χ0) is 18.9. The Morgan fingerprint density at radius 2 is 1.93 bits per heavy atom. The van der Waals surface area contributed by atoms with Gasteiger partial charge in [-0.05, 0) is 36.2 Å². The first-order valence-electron chi connectivity index (χ1n) is 9.22. The quantitative estimate of drug-likeness (QED) is 0.354. The molecule has 2 N–H and O–H groups in total. The smallest absolute Gasteiger partial charge is 0.190 e. The predicted octanol–water partition coefficient (Wildman–Crippen LogP) is 3.78. The molecule has 0 saturated carbocycles. The average Bonchev–Trinajstić information content (AvgIpc) is 3.11. The first-order chi connectivity index (χ1) is 13.2. The summed E-state index contributed by atoms with van der Waals surface area (Å²) >= 11 is 1.74. The molecule has 0 fully saturated rings. The molecule has 27 heavy (non-hydrogen) atoms. The zero-order valence-corrected chi connectivity index (χ0v) is 16.7. The number of hydrogen-bond donors (Lipinski definition) is 2. The summed E-state index contributed by atoms with van der Waals surface area (Å²) in [5.41, 5.74) is 0. The van der Waals surface area contributed by atoms with Gasteiger partial charge >= 0.3 is 0 Å². The van der Waals surface area contributed by atoms with E-state index in [1.165, 1.54) is 15.6 Å². The van der Waals surface area contributed by atoms with Crippen molar-refractivity contribution in [2.45, 2.75) is 19.8 Å². The van der Waals surface area contributed by atoms with Crippen LogP contribution in [-0.2, 0) is 6.42 Å². The van der Waals surface area contributed by atoms with E-state index in [-0.39, 0.29) is 0 Å². The molecule has 0 bridgehead atoms. The molecular formula is C21H26N4OS. The first-order valence-corrected chi connectivity index (χ1v) is 10.0. The highest BCUT2D eigenvalue weighted by Crippen LogP contribution is 2.20. The first kappa shape index (κ1) is 19.2. The minimum Gasteiger partial charge on any atom is -0.494 e. The maximum Gasteiger partial charge on any atom is 0.190 e. The van der Waals surface area contributed by atoms with Gasteiger partial charge in [-0.15, -0.1) is 11.3 Å². The van der Waals surface area contributed by atoms with Gasteiger partial charge in [-0.3, -0.25) is 4.99 Å². The van der Waals surface area contributed by atoms with Gasteiger partial charge in [-0.2, -0.15) is 0 Å². The van der Waals surface area contributed by atoms with Gasteiger partial charge in [0, 0.05) is 37.6 Å². The highest BCUT2D eigenvalue weighted by atomic mass is 32.1. The molecule has 0 saturated heterocycles. The number of guanidine groups is 1. The molecule has 6 heteroatoms. The Morgan fingerprint density at radius 1 is 1.11 bits per heavy atom. The molecule has 0 spiro atoms. The molecule has 0 aliphatic heterocycles. The van der Waals surface area contributed by atoms with Gasteiger partial charge in [0.2, 0.25) is 0 Å². The Hall–Kier alpha value is -2.60. The van der Waals surface area contributed by atoms with Crippen molar-refractivity contribution in [1.29, 1.82) is 0 Å². The van der Waals surface area contributed by atoms with Crippen molar-refractivity contribution in [3.63, 3.8) is 0 Å². The van der Waals surface area contributed by atoms with Crippen molar-refractivity contribution in [3.8, 4) is 5.75 Å². The standard InChI is InChI=1S/C21H26N4OS/c1-16-15-25-20(27-16)10-12-24-21(22-2)23-11-5-13-26-19-9-8-17-6-3-4-7-18(17)14-19/h3-4,6-9,14-15H,5,10-13H2,1-2H3,(H2,22,23,24). The number of benzene rings is 2. The second-order valence-corrected chi connectivity index (χ2v) is 7.57. The van der Waals surface area contributed by atoms with E-state index < -0.39 is 0 Å². The van der Waals surface area contributed by atoms with Gasteiger partial charge in [0.25, 0.3) is 0 Å². The normalized spacial score (nSPS) is 11.6. The van der Waals surface area contributed by atoms with E-state index in [0.717, 1.165) is 42.6 Å². The molecule has 0 unspecified atom stereocenters. The highest BCUT2D eigenvalue weighted by molar-refractivity contribution is 7.11. The number of rotatable bonds is 8. The third-order valence-electron chi connectivity index (χ3n) is 4.13. The Labute approximate surface area is 164 Å². The van der Waals surface area contributed by atoms with Gasteiger partial charge in [-0.1, -0.05) is 30.3 Å². The van der Waals surface area contributed by atoms with Crippen molar-refractivity contribution in [2.24, 2.45) is 4.99 Å². The molecule has 5 nitrogen and oxygen atoms in total. The van der Waals surface area contributed by atoms with Crippen LogP contribution >= 0.6 is 11.3 Å². The number of thiazole rings is 1. The van der Waals surface area contributed by atoms with Gasteiger partial charge in [0.15, 0.2) is 5.96 Å². The van der Waals surface area contributed by atoms with Crippen LogP contribution in [0.25, 0.3) is 10.8 Å². The van der Waals surface area contributed by atoms with Crippen LogP contribution in [0.2, 0.25) is 0 Å². The van der Waals surface area contributed by atoms with Crippen LogP contribution < -0.4 is 15.4 Å². The van der Waals surface area contributed by atoms with E-state index in [1.54, 1.807) is 18.4 Å². The van der Waals surface area contributed by atoms with E-state index in [2.05, 4.69) is 51.8 Å². The van der Waals surface area contributed by atoms with Crippen LogP contribution in [0.3, 0.4) is 0 Å². The summed E-state index contributed by atoms with van der Waals surface area (Å²) in [5, 5.41) is 10.2. The lowest BCUT2D eigenvalue weighted by atomic mass is 10.1. The number of aromatic nitrogens is 1. The van der Waals surface area contributed by atoms with Crippen LogP contribution in [0, 0.1) is 6.92 Å². The Morgan fingerprint density at radius 3 is 2.70 bits per heavy atom. The molecule has 0 atom stereocenters. The molecule has 142 valence electrons. The third-order valence-corrected chi connectivity index (χ3v) is 5.10. The van der Waals surface area contributed by atoms with Crippen molar-refractivity contribution in [2.75, 3.05) is 26.7 Å². The predicted molar refractivity (Wildman–Crippen MR) is 114 cm³/mol. The molecule has 0 amide bonds.